The van der Waals surface area contributed by atoms with Crippen molar-refractivity contribution in [2.24, 2.45) is 5.41 Å². The van der Waals surface area contributed by atoms with Crippen molar-refractivity contribution >= 4 is 44.1 Å². The average Bonchev–Trinajstić information content (AvgIpc) is 3.11. The number of rotatable bonds is 36. The van der Waals surface area contributed by atoms with Crippen LogP contribution in [-0.4, -0.2) is 83.7 Å². The van der Waals surface area contributed by atoms with Gasteiger partial charge in [0.15, 0.2) is 10.5 Å². The van der Waals surface area contributed by atoms with Gasteiger partial charge in [-0.15, -0.1) is 0 Å². The molecule has 0 rings (SSSR count). The maximum Gasteiger partial charge on any atom is 0.327 e. The lowest BCUT2D eigenvalue weighted by atomic mass is 9.74. The number of carboxylic acid groups (broad SMARTS) is 2. The summed E-state index contributed by atoms with van der Waals surface area (Å²) in [6.45, 7) is 8.67. The van der Waals surface area contributed by atoms with Crippen LogP contribution in [0.4, 0.5) is 0 Å². The van der Waals surface area contributed by atoms with Crippen molar-refractivity contribution < 1.29 is 64.8 Å². The Labute approximate surface area is 338 Å². The van der Waals surface area contributed by atoms with Crippen LogP contribution in [0.1, 0.15) is 201 Å². The van der Waals surface area contributed by atoms with E-state index in [1.807, 2.05) is 0 Å². The molecule has 56 heavy (non-hydrogen) atoms. The number of ether oxygens (including phenoxy) is 2. The molecular formula is C40H76O14S2. The van der Waals surface area contributed by atoms with Crippen molar-refractivity contribution in [2.45, 2.75) is 212 Å². The highest BCUT2D eigenvalue weighted by molar-refractivity contribution is 7.87. The number of hydrogen-bond donors (Lipinski definition) is 4. The highest BCUT2D eigenvalue weighted by Gasteiger charge is 2.55. The van der Waals surface area contributed by atoms with Gasteiger partial charge in [-0.25, -0.2) is 0 Å². The summed E-state index contributed by atoms with van der Waals surface area (Å²) in [7, 11) is -9.78. The van der Waals surface area contributed by atoms with Crippen LogP contribution in [0, 0.1) is 5.41 Å². The van der Waals surface area contributed by atoms with Gasteiger partial charge < -0.3 is 19.7 Å². The molecule has 0 saturated carbocycles. The van der Waals surface area contributed by atoms with Crippen LogP contribution in [0.3, 0.4) is 0 Å². The van der Waals surface area contributed by atoms with Gasteiger partial charge in [-0.1, -0.05) is 169 Å². The van der Waals surface area contributed by atoms with Crippen molar-refractivity contribution in [2.75, 3.05) is 13.2 Å². The molecule has 0 radical (unpaired) electrons. The van der Waals surface area contributed by atoms with E-state index in [0.29, 0.717) is 38.5 Å². The number of aliphatic carboxylic acids is 2. The Morgan fingerprint density at radius 2 is 0.839 bits per heavy atom. The first-order valence-corrected chi connectivity index (χ1v) is 24.2. The number of carbonyl (C=O) groups excluding carboxylic acids is 2. The topological polar surface area (TPSA) is 236 Å². The highest BCUT2D eigenvalue weighted by Crippen LogP contribution is 2.39. The lowest BCUT2D eigenvalue weighted by Gasteiger charge is -2.33. The van der Waals surface area contributed by atoms with Crippen LogP contribution >= 0.6 is 0 Å². The summed E-state index contributed by atoms with van der Waals surface area (Å²) in [6.07, 6.45) is 21.6. The molecule has 0 aliphatic carbocycles. The Hall–Kier alpha value is -2.30. The molecule has 4 N–H and O–H groups in total. The SMILES string of the molecule is CCCCCCCCC(CCCCCCCC)(C(=O)O)C(C(=O)O)S(=O)(=O)O.CCCCCCCCOC(=O)CC(C(=O)OCCCCCCCC)S(=O)(=O)O. The van der Waals surface area contributed by atoms with E-state index in [2.05, 4.69) is 27.7 Å². The van der Waals surface area contributed by atoms with Crippen LogP contribution < -0.4 is 0 Å². The number of esters is 2. The van der Waals surface area contributed by atoms with Gasteiger partial charge >= 0.3 is 23.9 Å². The van der Waals surface area contributed by atoms with E-state index in [0.717, 1.165) is 109 Å². The second kappa shape index (κ2) is 33.6. The van der Waals surface area contributed by atoms with Gasteiger partial charge in [-0.05, 0) is 25.7 Å². The molecule has 0 saturated heterocycles. The van der Waals surface area contributed by atoms with Crippen molar-refractivity contribution in [1.82, 2.24) is 0 Å². The fourth-order valence-electron chi connectivity index (χ4n) is 6.54. The highest BCUT2D eigenvalue weighted by atomic mass is 32.2. The summed E-state index contributed by atoms with van der Waals surface area (Å²) in [5, 5.41) is 15.0. The first-order valence-electron chi connectivity index (χ1n) is 21.2. The molecule has 0 aromatic carbocycles. The molecular weight excluding hydrogens is 769 g/mol. The van der Waals surface area contributed by atoms with Crippen LogP contribution in [0.2, 0.25) is 0 Å². The second-order valence-corrected chi connectivity index (χ2v) is 18.0. The third-order valence-corrected chi connectivity index (χ3v) is 12.2. The molecule has 0 fully saturated rings. The first-order chi connectivity index (χ1) is 26.5. The molecule has 0 aromatic heterocycles. The molecule has 14 nitrogen and oxygen atoms in total. The summed E-state index contributed by atoms with van der Waals surface area (Å²) in [6, 6.07) is 0. The normalized spacial score (nSPS) is 13.0. The summed E-state index contributed by atoms with van der Waals surface area (Å²) in [4.78, 5) is 47.5. The van der Waals surface area contributed by atoms with Gasteiger partial charge in [0, 0.05) is 0 Å². The predicted octanol–water partition coefficient (Wildman–Crippen LogP) is 9.34. The Kier molecular flexibility index (Phi) is 33.5. The van der Waals surface area contributed by atoms with Crippen molar-refractivity contribution in [3.05, 3.63) is 0 Å². The van der Waals surface area contributed by atoms with Gasteiger partial charge in [0.05, 0.1) is 25.0 Å². The van der Waals surface area contributed by atoms with Gasteiger partial charge in [-0.3, -0.25) is 28.3 Å². The van der Waals surface area contributed by atoms with E-state index in [1.54, 1.807) is 0 Å². The van der Waals surface area contributed by atoms with Crippen LogP contribution in [-0.2, 0) is 48.9 Å². The smallest absolute Gasteiger partial charge is 0.327 e. The van der Waals surface area contributed by atoms with Crippen LogP contribution in [0.25, 0.3) is 0 Å². The third-order valence-electron chi connectivity index (χ3n) is 9.88. The van der Waals surface area contributed by atoms with Gasteiger partial charge in [0.2, 0.25) is 0 Å². The first kappa shape index (κ1) is 55.8. The van der Waals surface area contributed by atoms with E-state index in [4.69, 9.17) is 9.47 Å². The second-order valence-electron chi connectivity index (χ2n) is 14.9. The van der Waals surface area contributed by atoms with Gasteiger partial charge in [0.25, 0.3) is 20.2 Å². The Balaban J connectivity index is 0. The van der Waals surface area contributed by atoms with E-state index in [1.165, 1.54) is 6.42 Å². The molecule has 0 aliphatic rings. The van der Waals surface area contributed by atoms with Crippen molar-refractivity contribution in [3.63, 3.8) is 0 Å². The third kappa shape index (κ3) is 27.4. The summed E-state index contributed by atoms with van der Waals surface area (Å²) >= 11 is 0. The quantitative estimate of drug-likeness (QED) is 0.0261. The molecule has 0 aliphatic heterocycles. The zero-order valence-electron chi connectivity index (χ0n) is 34.8. The molecule has 16 heteroatoms. The molecule has 2 unspecified atom stereocenters. The van der Waals surface area contributed by atoms with Gasteiger partial charge in [-0.2, -0.15) is 16.8 Å². The summed E-state index contributed by atoms with van der Waals surface area (Å²) in [5.41, 5.74) is -2.01. The monoisotopic (exact) mass is 844 g/mol. The predicted molar refractivity (Wildman–Crippen MR) is 218 cm³/mol. The maximum atomic E-state index is 12.1. The van der Waals surface area contributed by atoms with Crippen molar-refractivity contribution in [1.29, 1.82) is 0 Å². The van der Waals surface area contributed by atoms with Crippen LogP contribution in [0.15, 0.2) is 0 Å². The number of unbranched alkanes of at least 4 members (excludes halogenated alkanes) is 20. The Morgan fingerprint density at radius 1 is 0.500 bits per heavy atom. The van der Waals surface area contributed by atoms with Gasteiger partial charge in [0.1, 0.15) is 0 Å². The minimum absolute atomic E-state index is 0.0693. The summed E-state index contributed by atoms with van der Waals surface area (Å²) in [5.74, 6) is -5.19. The van der Waals surface area contributed by atoms with E-state index in [-0.39, 0.29) is 26.1 Å². The molecule has 0 amide bonds. The standard InChI is InChI=1S/2C20H38O7S/c1-3-5-7-9-11-13-15-20(19(23)24,16-14-12-10-8-6-4-2)17(18(21)22)28(25,26)27;1-3-5-7-9-11-13-15-26-19(21)17-18(28(23,24)25)20(22)27-16-14-12-10-8-6-4-2/h17H,3-16H2,1-2H3,(H,21,22)(H,23,24)(H,25,26,27);18H,3-17H2,1-2H3,(H,23,24,25). The molecule has 332 valence electrons. The molecule has 0 bridgehead atoms. The largest absolute Gasteiger partial charge is 0.481 e. The molecule has 2 atom stereocenters. The molecule has 0 spiro atoms. The fourth-order valence-corrected chi connectivity index (χ4v) is 8.36. The van der Waals surface area contributed by atoms with E-state index in [9.17, 15) is 55.3 Å². The fraction of sp³-hybridized carbons (Fsp3) is 0.900. The van der Waals surface area contributed by atoms with E-state index >= 15 is 0 Å². The van der Waals surface area contributed by atoms with E-state index < -0.39 is 66.4 Å². The number of hydrogen-bond acceptors (Lipinski definition) is 10. The zero-order chi connectivity index (χ0) is 42.9. The lowest BCUT2D eigenvalue weighted by molar-refractivity contribution is -0.156. The minimum Gasteiger partial charge on any atom is -0.481 e. The maximum absolute atomic E-state index is 12.1. The Morgan fingerprint density at radius 3 is 1.16 bits per heavy atom. The molecule has 0 aromatic rings. The average molecular weight is 845 g/mol. The number of carboxylic acids is 2. The zero-order valence-corrected chi connectivity index (χ0v) is 36.5. The van der Waals surface area contributed by atoms with Crippen LogP contribution in [0.5, 0.6) is 0 Å². The Bertz CT molecular complexity index is 1250. The molecule has 0 heterocycles. The lowest BCUT2D eigenvalue weighted by Crippen LogP contribution is -2.51. The minimum atomic E-state index is -5.05. The summed E-state index contributed by atoms with van der Waals surface area (Å²) < 4.78 is 75.1. The number of carbonyl (C=O) groups is 4. The van der Waals surface area contributed by atoms with Crippen molar-refractivity contribution in [3.8, 4) is 0 Å².